The van der Waals surface area contributed by atoms with Crippen molar-refractivity contribution in [3.05, 3.63) is 20.9 Å². The first kappa shape index (κ1) is 14.9. The van der Waals surface area contributed by atoms with Gasteiger partial charge in [0.15, 0.2) is 0 Å². The summed E-state index contributed by atoms with van der Waals surface area (Å²) >= 11 is 2.12. The van der Waals surface area contributed by atoms with E-state index in [1.54, 1.807) is 20.9 Å². The van der Waals surface area contributed by atoms with E-state index < -0.39 is 0 Å². The molecule has 2 N–H and O–H groups in total. The maximum Gasteiger partial charge on any atom is 0.0464 e. The van der Waals surface area contributed by atoms with E-state index in [0.29, 0.717) is 25.0 Å². The van der Waals surface area contributed by atoms with Crippen LogP contribution in [-0.2, 0) is 25.7 Å². The second kappa shape index (κ2) is 5.57. The highest BCUT2D eigenvalue weighted by atomic mass is 32.1. The number of aliphatic hydroxyl groups excluding tert-OH is 2. The molecule has 0 radical (unpaired) electrons. The van der Waals surface area contributed by atoms with Gasteiger partial charge in [0, 0.05) is 23.0 Å². The van der Waals surface area contributed by atoms with Gasteiger partial charge in [0.25, 0.3) is 0 Å². The van der Waals surface area contributed by atoms with Gasteiger partial charge >= 0.3 is 0 Å². The van der Waals surface area contributed by atoms with Crippen molar-refractivity contribution in [2.45, 2.75) is 51.4 Å². The van der Waals surface area contributed by atoms with Crippen LogP contribution in [-0.4, -0.2) is 23.4 Å². The normalized spacial score (nSPS) is 41.3. The number of thiophene rings is 1. The van der Waals surface area contributed by atoms with Crippen molar-refractivity contribution in [1.82, 2.24) is 0 Å². The summed E-state index contributed by atoms with van der Waals surface area (Å²) in [6.07, 6.45) is 10.3. The molecule has 4 aliphatic carbocycles. The lowest BCUT2D eigenvalue weighted by molar-refractivity contribution is 0.261. The van der Waals surface area contributed by atoms with E-state index in [1.165, 1.54) is 51.4 Å². The van der Waals surface area contributed by atoms with Crippen LogP contribution in [0.1, 0.15) is 46.6 Å². The highest BCUT2D eigenvalue weighted by Gasteiger charge is 2.50. The molecule has 2 fully saturated rings. The molecule has 0 saturated heterocycles. The highest BCUT2D eigenvalue weighted by Crippen LogP contribution is 2.56. The summed E-state index contributed by atoms with van der Waals surface area (Å²) in [7, 11) is 0. The van der Waals surface area contributed by atoms with Gasteiger partial charge < -0.3 is 10.2 Å². The van der Waals surface area contributed by atoms with Gasteiger partial charge in [-0.1, -0.05) is 0 Å². The third kappa shape index (κ3) is 2.34. The van der Waals surface area contributed by atoms with Crippen LogP contribution >= 0.6 is 11.3 Å². The monoisotopic (exact) mass is 332 g/mol. The number of rotatable bonds is 2. The van der Waals surface area contributed by atoms with Crippen molar-refractivity contribution in [2.75, 3.05) is 13.2 Å². The van der Waals surface area contributed by atoms with Gasteiger partial charge in [0.05, 0.1) is 0 Å². The van der Waals surface area contributed by atoms with E-state index in [9.17, 15) is 10.2 Å². The van der Waals surface area contributed by atoms with Crippen LogP contribution in [0.5, 0.6) is 0 Å². The van der Waals surface area contributed by atoms with Crippen molar-refractivity contribution in [3.63, 3.8) is 0 Å². The van der Waals surface area contributed by atoms with Gasteiger partial charge in [0.2, 0.25) is 0 Å². The summed E-state index contributed by atoms with van der Waals surface area (Å²) in [5.74, 6) is 4.48. The molecule has 0 amide bonds. The Morgan fingerprint density at radius 2 is 1.04 bits per heavy atom. The number of aryl methyl sites for hydroxylation is 2. The maximum absolute atomic E-state index is 9.51. The van der Waals surface area contributed by atoms with Gasteiger partial charge in [-0.3, -0.25) is 0 Å². The zero-order chi connectivity index (χ0) is 15.6. The average Bonchev–Trinajstić information content (AvgIpc) is 3.37. The Hall–Kier alpha value is -0.380. The van der Waals surface area contributed by atoms with E-state index in [-0.39, 0.29) is 0 Å². The predicted molar refractivity (Wildman–Crippen MR) is 92.7 cm³/mol. The van der Waals surface area contributed by atoms with Crippen molar-refractivity contribution < 1.29 is 10.2 Å². The van der Waals surface area contributed by atoms with E-state index in [1.807, 2.05) is 0 Å². The lowest BCUT2D eigenvalue weighted by Crippen LogP contribution is -2.04. The third-order valence-electron chi connectivity index (χ3n) is 7.59. The molecule has 1 aromatic heterocycles. The highest BCUT2D eigenvalue weighted by molar-refractivity contribution is 7.12. The van der Waals surface area contributed by atoms with Gasteiger partial charge in [-0.05, 0) is 98.0 Å². The number of hydrogen-bond donors (Lipinski definition) is 2. The molecule has 2 saturated carbocycles. The lowest BCUT2D eigenvalue weighted by Gasteiger charge is -2.13. The summed E-state index contributed by atoms with van der Waals surface area (Å²) < 4.78 is 0. The topological polar surface area (TPSA) is 40.5 Å². The van der Waals surface area contributed by atoms with E-state index in [4.69, 9.17) is 0 Å². The lowest BCUT2D eigenvalue weighted by atomic mass is 9.91. The number of hydrogen-bond acceptors (Lipinski definition) is 3. The summed E-state index contributed by atoms with van der Waals surface area (Å²) in [6.45, 7) is 0.819. The molecular formula is C20H28O2S. The fourth-order valence-corrected chi connectivity index (χ4v) is 7.55. The molecule has 0 unspecified atom stereocenters. The molecule has 23 heavy (non-hydrogen) atoms. The zero-order valence-electron chi connectivity index (χ0n) is 13.8. The summed E-state index contributed by atoms with van der Waals surface area (Å²) in [4.78, 5) is 3.37. The summed E-state index contributed by atoms with van der Waals surface area (Å²) in [5.41, 5.74) is 3.43. The first-order chi connectivity index (χ1) is 11.3. The molecule has 5 rings (SSSR count). The van der Waals surface area contributed by atoms with Crippen LogP contribution in [0, 0.1) is 35.5 Å². The van der Waals surface area contributed by atoms with Gasteiger partial charge in [-0.15, -0.1) is 11.3 Å². The Labute approximate surface area is 142 Å². The number of aliphatic hydroxyl groups is 2. The third-order valence-corrected chi connectivity index (χ3v) is 8.98. The first-order valence-electron chi connectivity index (χ1n) is 9.65. The fourth-order valence-electron chi connectivity index (χ4n) is 6.11. The minimum absolute atomic E-state index is 0.409. The molecule has 0 bridgehead atoms. The van der Waals surface area contributed by atoms with Gasteiger partial charge in [-0.25, -0.2) is 0 Å². The second-order valence-electron chi connectivity index (χ2n) is 8.41. The van der Waals surface area contributed by atoms with Crippen LogP contribution in [0.25, 0.3) is 0 Å². The average molecular weight is 333 g/mol. The summed E-state index contributed by atoms with van der Waals surface area (Å²) in [6, 6.07) is 0. The minimum Gasteiger partial charge on any atom is -0.396 e. The van der Waals surface area contributed by atoms with E-state index in [2.05, 4.69) is 11.3 Å². The molecular weight excluding hydrogens is 304 g/mol. The predicted octanol–water partition coefficient (Wildman–Crippen LogP) is 3.21. The zero-order valence-corrected chi connectivity index (χ0v) is 14.7. The Bertz CT molecular complexity index is 557. The van der Waals surface area contributed by atoms with Crippen LogP contribution in [0.2, 0.25) is 0 Å². The molecule has 1 heterocycles. The number of fused-ring (bicyclic) bond motifs is 5. The van der Waals surface area contributed by atoms with Crippen molar-refractivity contribution in [1.29, 1.82) is 0 Å². The van der Waals surface area contributed by atoms with Gasteiger partial charge in [-0.2, -0.15) is 0 Å². The standard InChI is InChI=1S/C20H28O2S/c21-9-17-11-1-3-15-16-4-2-12-14(18(12)10-22)6-8-20(16)23-19(15)7-5-13(11)17/h11-14,17-18,21-22H,1-10H2/t11-,12+,13+,14-,17+,18-. The van der Waals surface area contributed by atoms with E-state index >= 15 is 0 Å². The fraction of sp³-hybridized carbons (Fsp3) is 0.800. The van der Waals surface area contributed by atoms with Crippen LogP contribution in [0.3, 0.4) is 0 Å². The SMILES string of the molecule is OC[C@@H]1[C@H]2CCc3c(sc4c3CC[C@H]3[C@H](CO)[C@H]3CC4)CC[C@@H]12. The van der Waals surface area contributed by atoms with Crippen molar-refractivity contribution >= 4 is 11.3 Å². The largest absolute Gasteiger partial charge is 0.396 e. The molecule has 3 heteroatoms. The van der Waals surface area contributed by atoms with Crippen molar-refractivity contribution in [2.24, 2.45) is 35.5 Å². The van der Waals surface area contributed by atoms with Gasteiger partial charge in [0.1, 0.15) is 0 Å². The molecule has 4 aliphatic rings. The van der Waals surface area contributed by atoms with Crippen LogP contribution < -0.4 is 0 Å². The molecule has 0 aliphatic heterocycles. The molecule has 0 spiro atoms. The Morgan fingerprint density at radius 3 is 1.43 bits per heavy atom. The molecule has 2 nitrogen and oxygen atoms in total. The second-order valence-corrected chi connectivity index (χ2v) is 9.60. The molecule has 126 valence electrons. The van der Waals surface area contributed by atoms with Crippen molar-refractivity contribution in [3.8, 4) is 0 Å². The van der Waals surface area contributed by atoms with Crippen LogP contribution in [0.4, 0.5) is 0 Å². The summed E-state index contributed by atoms with van der Waals surface area (Å²) in [5, 5.41) is 19.0. The van der Waals surface area contributed by atoms with E-state index in [0.717, 1.165) is 23.7 Å². The minimum atomic E-state index is 0.409. The Balaban J connectivity index is 1.38. The quantitative estimate of drug-likeness (QED) is 0.873. The smallest absolute Gasteiger partial charge is 0.0464 e. The Kier molecular flexibility index (Phi) is 3.61. The Morgan fingerprint density at radius 1 is 0.652 bits per heavy atom. The maximum atomic E-state index is 9.51. The van der Waals surface area contributed by atoms with Crippen LogP contribution in [0.15, 0.2) is 0 Å². The molecule has 6 atom stereocenters. The molecule has 1 aromatic rings. The first-order valence-corrected chi connectivity index (χ1v) is 10.5. The molecule has 0 aromatic carbocycles.